The van der Waals surface area contributed by atoms with Crippen LogP contribution in [0.2, 0.25) is 0 Å². The molecule has 0 fully saturated rings. The summed E-state index contributed by atoms with van der Waals surface area (Å²) in [5, 5.41) is 0.688. The molecule has 0 radical (unpaired) electrons. The molecule has 0 saturated carbocycles. The molecule has 0 spiro atoms. The number of amides is 2. The third-order valence-electron chi connectivity index (χ3n) is 4.28. The van der Waals surface area contributed by atoms with Crippen LogP contribution in [-0.4, -0.2) is 21.8 Å². The van der Waals surface area contributed by atoms with Crippen LogP contribution in [0, 0.1) is 3.57 Å². The van der Waals surface area contributed by atoms with E-state index in [0.29, 0.717) is 33.4 Å². The first-order valence-electron chi connectivity index (χ1n) is 8.79. The third-order valence-corrected chi connectivity index (χ3v) is 5.00. The predicted octanol–water partition coefficient (Wildman–Crippen LogP) is 3.98. The molecule has 2 aromatic heterocycles. The standard InChI is InChI=1S/C22H15IN4O2/c23-15-10-8-14(9-11-15)21(28)26-27-22(29)17-13-20(19-7-3-4-12-24-19)25-18-6-2-1-5-16(17)18/h1-13H,(H,26,28)(H,27,29). The van der Waals surface area contributed by atoms with Crippen molar-refractivity contribution in [2.75, 3.05) is 0 Å². The molecule has 2 heterocycles. The van der Waals surface area contributed by atoms with Gasteiger partial charge in [-0.25, -0.2) is 4.98 Å². The topological polar surface area (TPSA) is 84.0 Å². The minimum Gasteiger partial charge on any atom is -0.267 e. The van der Waals surface area contributed by atoms with E-state index in [0.717, 1.165) is 3.57 Å². The highest BCUT2D eigenvalue weighted by atomic mass is 127. The SMILES string of the molecule is O=C(NNC(=O)c1cc(-c2ccccn2)nc2ccccc12)c1ccc(I)cc1. The fraction of sp³-hybridized carbons (Fsp3) is 0. The van der Waals surface area contributed by atoms with Crippen LogP contribution in [0.5, 0.6) is 0 Å². The maximum absolute atomic E-state index is 12.9. The molecule has 0 aliphatic carbocycles. The summed E-state index contributed by atoms with van der Waals surface area (Å²) in [5.74, 6) is -0.822. The summed E-state index contributed by atoms with van der Waals surface area (Å²) >= 11 is 2.16. The number of carbonyl (C=O) groups excluding carboxylic acids is 2. The summed E-state index contributed by atoms with van der Waals surface area (Å²) in [6.45, 7) is 0. The lowest BCUT2D eigenvalue weighted by atomic mass is 10.1. The molecule has 0 atom stereocenters. The van der Waals surface area contributed by atoms with Crippen molar-refractivity contribution in [3.05, 3.63) is 93.7 Å². The van der Waals surface area contributed by atoms with Gasteiger partial charge in [0.1, 0.15) is 0 Å². The first-order chi connectivity index (χ1) is 14.1. The van der Waals surface area contributed by atoms with Gasteiger partial charge < -0.3 is 0 Å². The zero-order valence-corrected chi connectivity index (χ0v) is 17.3. The molecule has 29 heavy (non-hydrogen) atoms. The van der Waals surface area contributed by atoms with Crippen LogP contribution in [0.15, 0.2) is 79.0 Å². The van der Waals surface area contributed by atoms with E-state index in [1.54, 1.807) is 24.4 Å². The number of nitrogens with one attached hydrogen (secondary N) is 2. The van der Waals surface area contributed by atoms with Gasteiger partial charge in [0.25, 0.3) is 11.8 Å². The normalized spacial score (nSPS) is 10.5. The van der Waals surface area contributed by atoms with E-state index in [2.05, 4.69) is 43.4 Å². The van der Waals surface area contributed by atoms with Crippen LogP contribution in [0.25, 0.3) is 22.3 Å². The molecule has 142 valence electrons. The van der Waals surface area contributed by atoms with Crippen molar-refractivity contribution >= 4 is 45.3 Å². The Morgan fingerprint density at radius 2 is 1.52 bits per heavy atom. The number of para-hydroxylation sites is 1. The van der Waals surface area contributed by atoms with Crippen LogP contribution in [0.4, 0.5) is 0 Å². The van der Waals surface area contributed by atoms with Gasteiger partial charge in [-0.15, -0.1) is 0 Å². The third kappa shape index (κ3) is 4.24. The minimum atomic E-state index is -0.431. The maximum atomic E-state index is 12.9. The summed E-state index contributed by atoms with van der Waals surface area (Å²) < 4.78 is 1.02. The number of hydrogen-bond donors (Lipinski definition) is 2. The van der Waals surface area contributed by atoms with Crippen LogP contribution in [0.1, 0.15) is 20.7 Å². The van der Waals surface area contributed by atoms with Crippen molar-refractivity contribution in [3.8, 4) is 11.4 Å². The van der Waals surface area contributed by atoms with Gasteiger partial charge in [0, 0.05) is 20.7 Å². The molecule has 0 aliphatic heterocycles. The lowest BCUT2D eigenvalue weighted by molar-refractivity contribution is 0.0847. The second kappa shape index (κ2) is 8.36. The molecule has 0 unspecified atom stereocenters. The van der Waals surface area contributed by atoms with Gasteiger partial charge in [0.05, 0.1) is 22.5 Å². The Balaban J connectivity index is 1.62. The monoisotopic (exact) mass is 494 g/mol. The number of benzene rings is 2. The first-order valence-corrected chi connectivity index (χ1v) is 9.87. The van der Waals surface area contributed by atoms with Gasteiger partial charge in [0.2, 0.25) is 0 Å². The van der Waals surface area contributed by atoms with Gasteiger partial charge in [-0.1, -0.05) is 24.3 Å². The lowest BCUT2D eigenvalue weighted by Gasteiger charge is -2.11. The molecule has 0 saturated heterocycles. The number of hydrazine groups is 1. The fourth-order valence-corrected chi connectivity index (χ4v) is 3.22. The Hall–Kier alpha value is -3.33. The van der Waals surface area contributed by atoms with Crippen molar-refractivity contribution in [1.82, 2.24) is 20.8 Å². The van der Waals surface area contributed by atoms with Crippen molar-refractivity contribution in [2.24, 2.45) is 0 Å². The van der Waals surface area contributed by atoms with E-state index in [-0.39, 0.29) is 0 Å². The minimum absolute atomic E-state index is 0.391. The van der Waals surface area contributed by atoms with E-state index in [4.69, 9.17) is 0 Å². The molecule has 4 rings (SSSR count). The number of fused-ring (bicyclic) bond motifs is 1. The van der Waals surface area contributed by atoms with Gasteiger partial charge in [-0.3, -0.25) is 25.4 Å². The number of aromatic nitrogens is 2. The zero-order valence-electron chi connectivity index (χ0n) is 15.1. The lowest BCUT2D eigenvalue weighted by Crippen LogP contribution is -2.41. The van der Waals surface area contributed by atoms with Crippen molar-refractivity contribution in [1.29, 1.82) is 0 Å². The van der Waals surface area contributed by atoms with E-state index in [9.17, 15) is 9.59 Å². The molecule has 2 aromatic carbocycles. The summed E-state index contributed by atoms with van der Waals surface area (Å²) in [6, 6.07) is 21.6. The smallest absolute Gasteiger partial charge is 0.267 e. The molecule has 0 aliphatic rings. The predicted molar refractivity (Wildman–Crippen MR) is 119 cm³/mol. The Morgan fingerprint density at radius 1 is 0.793 bits per heavy atom. The Morgan fingerprint density at radius 3 is 2.28 bits per heavy atom. The van der Waals surface area contributed by atoms with Gasteiger partial charge in [-0.05, 0) is 71.1 Å². The van der Waals surface area contributed by atoms with Crippen molar-refractivity contribution in [2.45, 2.75) is 0 Å². The maximum Gasteiger partial charge on any atom is 0.270 e. The largest absolute Gasteiger partial charge is 0.270 e. The molecular formula is C22H15IN4O2. The summed E-state index contributed by atoms with van der Waals surface area (Å²) in [5.41, 5.74) is 7.73. The second-order valence-electron chi connectivity index (χ2n) is 6.20. The van der Waals surface area contributed by atoms with Gasteiger partial charge >= 0.3 is 0 Å². The summed E-state index contributed by atoms with van der Waals surface area (Å²) in [7, 11) is 0. The van der Waals surface area contributed by atoms with E-state index in [1.165, 1.54) is 0 Å². The average Bonchev–Trinajstić information content (AvgIpc) is 2.77. The summed E-state index contributed by atoms with van der Waals surface area (Å²) in [4.78, 5) is 34.1. The second-order valence-corrected chi connectivity index (χ2v) is 7.45. The highest BCUT2D eigenvalue weighted by molar-refractivity contribution is 14.1. The number of halogens is 1. The van der Waals surface area contributed by atoms with E-state index < -0.39 is 11.8 Å². The van der Waals surface area contributed by atoms with Crippen molar-refractivity contribution < 1.29 is 9.59 Å². The average molecular weight is 494 g/mol. The molecular weight excluding hydrogens is 479 g/mol. The van der Waals surface area contributed by atoms with Crippen LogP contribution in [-0.2, 0) is 0 Å². The highest BCUT2D eigenvalue weighted by Gasteiger charge is 2.15. The molecule has 6 nitrogen and oxygen atoms in total. The molecule has 2 N–H and O–H groups in total. The van der Waals surface area contributed by atoms with Gasteiger partial charge in [-0.2, -0.15) is 0 Å². The Bertz CT molecular complexity index is 1190. The number of rotatable bonds is 3. The van der Waals surface area contributed by atoms with E-state index in [1.807, 2.05) is 54.6 Å². The number of carbonyl (C=O) groups is 2. The highest BCUT2D eigenvalue weighted by Crippen LogP contribution is 2.23. The summed E-state index contributed by atoms with van der Waals surface area (Å²) in [6.07, 6.45) is 1.67. The molecule has 7 heteroatoms. The quantitative estimate of drug-likeness (QED) is 0.334. The molecule has 4 aromatic rings. The molecule has 0 bridgehead atoms. The number of nitrogens with zero attached hydrogens (tertiary/aromatic N) is 2. The van der Waals surface area contributed by atoms with E-state index >= 15 is 0 Å². The number of hydrogen-bond acceptors (Lipinski definition) is 4. The Kier molecular flexibility index (Phi) is 5.48. The van der Waals surface area contributed by atoms with Gasteiger partial charge in [0.15, 0.2) is 0 Å². The number of pyridine rings is 2. The Labute approximate surface area is 180 Å². The van der Waals surface area contributed by atoms with Crippen molar-refractivity contribution in [3.63, 3.8) is 0 Å². The van der Waals surface area contributed by atoms with Crippen LogP contribution < -0.4 is 10.9 Å². The van der Waals surface area contributed by atoms with Crippen LogP contribution >= 0.6 is 22.6 Å². The molecule has 2 amide bonds. The zero-order chi connectivity index (χ0) is 20.2. The van der Waals surface area contributed by atoms with Crippen LogP contribution in [0.3, 0.4) is 0 Å². The fourth-order valence-electron chi connectivity index (χ4n) is 2.86. The first kappa shape index (κ1) is 19.0.